The lowest BCUT2D eigenvalue weighted by molar-refractivity contribution is 0.529. The fraction of sp³-hybridized carbons (Fsp3) is 0.556. The van der Waals surface area contributed by atoms with E-state index in [2.05, 4.69) is 11.9 Å². The Kier molecular flexibility index (Phi) is 7.88. The van der Waals surface area contributed by atoms with E-state index in [1.807, 2.05) is 13.1 Å². The van der Waals surface area contributed by atoms with Crippen molar-refractivity contribution in [2.45, 2.75) is 18.1 Å². The molecule has 0 aromatic carbocycles. The maximum Gasteiger partial charge on any atom is 0.0429 e. The van der Waals surface area contributed by atoms with E-state index in [-0.39, 0.29) is 0 Å². The van der Waals surface area contributed by atoms with Gasteiger partial charge in [0, 0.05) is 5.25 Å². The molecule has 13 heavy (non-hydrogen) atoms. The van der Waals surface area contributed by atoms with Gasteiger partial charge in [0.05, 0.1) is 0 Å². The first-order valence-corrected chi connectivity index (χ1v) is 5.36. The highest BCUT2D eigenvalue weighted by Crippen LogP contribution is 2.03. The van der Waals surface area contributed by atoms with Crippen molar-refractivity contribution in [3.63, 3.8) is 0 Å². The van der Waals surface area contributed by atoms with E-state index in [0.717, 1.165) is 13.0 Å². The first kappa shape index (κ1) is 12.6. The smallest absolute Gasteiger partial charge is 0.0429 e. The molecule has 1 N–H and O–H groups in total. The van der Waals surface area contributed by atoms with Crippen molar-refractivity contribution < 1.29 is 8.76 Å². The molecule has 0 rings (SSSR count). The first-order chi connectivity index (χ1) is 6.22. The van der Waals surface area contributed by atoms with Crippen LogP contribution in [-0.2, 0) is 11.1 Å². The van der Waals surface area contributed by atoms with Crippen molar-refractivity contribution in [1.29, 1.82) is 0 Å². The van der Waals surface area contributed by atoms with Crippen molar-refractivity contribution in [1.82, 2.24) is 5.32 Å². The minimum Gasteiger partial charge on any atom is -0.772 e. The highest BCUT2D eigenvalue weighted by molar-refractivity contribution is 7.80. The Hall–Kier alpha value is -0.450. The van der Waals surface area contributed by atoms with Gasteiger partial charge in [0.15, 0.2) is 0 Å². The summed E-state index contributed by atoms with van der Waals surface area (Å²) in [6.45, 7) is 4.37. The Labute approximate surface area is 82.2 Å². The van der Waals surface area contributed by atoms with Gasteiger partial charge in [-0.25, -0.2) is 0 Å². The summed E-state index contributed by atoms with van der Waals surface area (Å²) in [7, 11) is 1.86. The summed E-state index contributed by atoms with van der Waals surface area (Å²) in [4.78, 5) is 0. The summed E-state index contributed by atoms with van der Waals surface area (Å²) < 4.78 is 21.3. The molecule has 0 amide bonds. The minimum atomic E-state index is -2.04. The van der Waals surface area contributed by atoms with Crippen LogP contribution in [0.2, 0.25) is 0 Å². The van der Waals surface area contributed by atoms with E-state index in [1.54, 1.807) is 12.2 Å². The molecule has 0 fully saturated rings. The van der Waals surface area contributed by atoms with E-state index in [4.69, 9.17) is 0 Å². The summed E-state index contributed by atoms with van der Waals surface area (Å²) >= 11 is -2.04. The maximum absolute atomic E-state index is 10.6. The standard InChI is InChI=1S/C9H17NO2S/c1-3-6-9(13(11)12)7-4-5-8-10-2/h3-4,7,9-10H,1,5-6,8H2,2H3,(H,11,12)/p-1/b7-4-. The highest BCUT2D eigenvalue weighted by Gasteiger charge is 2.00. The van der Waals surface area contributed by atoms with Crippen molar-refractivity contribution in [3.8, 4) is 0 Å². The van der Waals surface area contributed by atoms with E-state index in [1.165, 1.54) is 0 Å². The molecule has 2 atom stereocenters. The monoisotopic (exact) mass is 202 g/mol. The Balaban J connectivity index is 3.86. The molecule has 3 nitrogen and oxygen atoms in total. The van der Waals surface area contributed by atoms with Crippen LogP contribution in [0.15, 0.2) is 24.8 Å². The normalized spacial score (nSPS) is 15.8. The molecule has 0 bridgehead atoms. The molecule has 4 heteroatoms. The third-order valence-electron chi connectivity index (χ3n) is 1.56. The number of hydrogen-bond acceptors (Lipinski definition) is 3. The van der Waals surface area contributed by atoms with Crippen LogP contribution in [0.3, 0.4) is 0 Å². The maximum atomic E-state index is 10.6. The Morgan fingerprint density at radius 1 is 1.69 bits per heavy atom. The van der Waals surface area contributed by atoms with Crippen LogP contribution in [0.5, 0.6) is 0 Å². The zero-order valence-corrected chi connectivity index (χ0v) is 8.68. The van der Waals surface area contributed by atoms with E-state index in [0.29, 0.717) is 6.42 Å². The zero-order valence-electron chi connectivity index (χ0n) is 7.86. The predicted molar refractivity (Wildman–Crippen MR) is 55.2 cm³/mol. The van der Waals surface area contributed by atoms with Gasteiger partial charge in [-0.15, -0.1) is 6.58 Å². The van der Waals surface area contributed by atoms with Gasteiger partial charge in [-0.3, -0.25) is 4.21 Å². The van der Waals surface area contributed by atoms with Gasteiger partial charge < -0.3 is 9.87 Å². The third kappa shape index (κ3) is 6.69. The molecule has 2 unspecified atom stereocenters. The molecule has 76 valence electrons. The molecule has 0 heterocycles. The van der Waals surface area contributed by atoms with Crippen molar-refractivity contribution in [2.24, 2.45) is 0 Å². The van der Waals surface area contributed by atoms with Crippen LogP contribution >= 0.6 is 0 Å². The van der Waals surface area contributed by atoms with Crippen molar-refractivity contribution >= 4 is 11.1 Å². The summed E-state index contributed by atoms with van der Waals surface area (Å²) in [6, 6.07) is 0. The number of allylic oxidation sites excluding steroid dienone is 1. The lowest BCUT2D eigenvalue weighted by Crippen LogP contribution is -2.11. The Morgan fingerprint density at radius 3 is 2.85 bits per heavy atom. The van der Waals surface area contributed by atoms with Gasteiger partial charge in [-0.1, -0.05) is 18.2 Å². The zero-order chi connectivity index (χ0) is 10.1. The molecule has 0 saturated carbocycles. The molecular weight excluding hydrogens is 186 g/mol. The van der Waals surface area contributed by atoms with Crippen LogP contribution in [0, 0.1) is 0 Å². The molecule has 0 spiro atoms. The molecule has 0 aliphatic rings. The van der Waals surface area contributed by atoms with Crippen LogP contribution in [0.4, 0.5) is 0 Å². The number of nitrogens with one attached hydrogen (secondary N) is 1. The molecule has 0 aliphatic carbocycles. The third-order valence-corrected chi connectivity index (χ3v) is 2.40. The lowest BCUT2D eigenvalue weighted by atomic mass is 10.2. The van der Waals surface area contributed by atoms with Gasteiger partial charge in [0.25, 0.3) is 0 Å². The summed E-state index contributed by atoms with van der Waals surface area (Å²) in [5, 5.41) is 2.56. The van der Waals surface area contributed by atoms with Gasteiger partial charge >= 0.3 is 0 Å². The van der Waals surface area contributed by atoms with E-state index in [9.17, 15) is 8.76 Å². The van der Waals surface area contributed by atoms with Crippen LogP contribution in [-0.4, -0.2) is 27.6 Å². The summed E-state index contributed by atoms with van der Waals surface area (Å²) in [5.74, 6) is 0. The molecule has 0 aliphatic heterocycles. The molecular formula is C9H16NO2S-. The first-order valence-electron chi connectivity index (χ1n) is 4.22. The second kappa shape index (κ2) is 8.16. The number of hydrogen-bond donors (Lipinski definition) is 1. The topological polar surface area (TPSA) is 52.2 Å². The Bertz CT molecular complexity index is 192. The van der Waals surface area contributed by atoms with E-state index < -0.39 is 16.3 Å². The average Bonchev–Trinajstić information content (AvgIpc) is 2.10. The van der Waals surface area contributed by atoms with Crippen LogP contribution in [0.25, 0.3) is 0 Å². The fourth-order valence-electron chi connectivity index (χ4n) is 0.861. The van der Waals surface area contributed by atoms with Crippen LogP contribution in [0.1, 0.15) is 12.8 Å². The molecule has 0 saturated heterocycles. The second-order valence-electron chi connectivity index (χ2n) is 2.64. The van der Waals surface area contributed by atoms with Gasteiger partial charge in [0.1, 0.15) is 0 Å². The summed E-state index contributed by atoms with van der Waals surface area (Å²) in [6.07, 6.45) is 6.53. The quantitative estimate of drug-likeness (QED) is 0.380. The fourth-order valence-corrected chi connectivity index (χ4v) is 1.39. The Morgan fingerprint density at radius 2 is 2.38 bits per heavy atom. The predicted octanol–water partition coefficient (Wildman–Crippen LogP) is 0.976. The van der Waals surface area contributed by atoms with E-state index >= 15 is 0 Å². The van der Waals surface area contributed by atoms with Crippen LogP contribution < -0.4 is 5.32 Å². The highest BCUT2D eigenvalue weighted by atomic mass is 32.2. The van der Waals surface area contributed by atoms with Crippen molar-refractivity contribution in [2.75, 3.05) is 13.6 Å². The second-order valence-corrected chi connectivity index (χ2v) is 3.77. The molecule has 0 radical (unpaired) electrons. The minimum absolute atomic E-state index is 0.422. The molecule has 0 aromatic heterocycles. The largest absolute Gasteiger partial charge is 0.772 e. The lowest BCUT2D eigenvalue weighted by Gasteiger charge is -2.13. The number of rotatable bonds is 7. The van der Waals surface area contributed by atoms with Gasteiger partial charge in [0.2, 0.25) is 0 Å². The van der Waals surface area contributed by atoms with Gasteiger partial charge in [-0.2, -0.15) is 0 Å². The van der Waals surface area contributed by atoms with Gasteiger partial charge in [-0.05, 0) is 37.5 Å². The SMILES string of the molecule is C=CCC(/C=C\CCNC)S(=O)[O-]. The summed E-state index contributed by atoms with van der Waals surface area (Å²) in [5.41, 5.74) is 0. The molecule has 0 aromatic rings. The van der Waals surface area contributed by atoms with Crippen molar-refractivity contribution in [3.05, 3.63) is 24.8 Å². The average molecular weight is 202 g/mol.